The minimum absolute atomic E-state index is 0.0708. The van der Waals surface area contributed by atoms with Gasteiger partial charge in [0.15, 0.2) is 0 Å². The summed E-state index contributed by atoms with van der Waals surface area (Å²) in [5.74, 6) is 0.561. The van der Waals surface area contributed by atoms with Crippen molar-refractivity contribution in [1.29, 1.82) is 0 Å². The van der Waals surface area contributed by atoms with E-state index in [-0.39, 0.29) is 11.5 Å². The molecule has 2 aromatic heterocycles. The summed E-state index contributed by atoms with van der Waals surface area (Å²) in [6, 6.07) is 3.51. The lowest BCUT2D eigenvalue weighted by molar-refractivity contribution is 0.0731. The Morgan fingerprint density at radius 3 is 2.79 bits per heavy atom. The van der Waals surface area contributed by atoms with Gasteiger partial charge in [-0.3, -0.25) is 19.6 Å². The fourth-order valence-corrected chi connectivity index (χ4v) is 3.35. The average Bonchev–Trinajstić information content (AvgIpc) is 3.16. The van der Waals surface area contributed by atoms with Crippen LogP contribution in [-0.4, -0.2) is 45.4 Å². The van der Waals surface area contributed by atoms with Crippen molar-refractivity contribution in [3.63, 3.8) is 0 Å². The first kappa shape index (κ1) is 14.9. The second kappa shape index (κ2) is 6.07. The van der Waals surface area contributed by atoms with Crippen LogP contribution in [0.2, 0.25) is 0 Å². The Morgan fingerprint density at radius 1 is 1.21 bits per heavy atom. The van der Waals surface area contributed by atoms with Gasteiger partial charge in [0.2, 0.25) is 5.95 Å². The third-order valence-electron chi connectivity index (χ3n) is 4.66. The maximum atomic E-state index is 12.6. The Bertz CT molecular complexity index is 811. The van der Waals surface area contributed by atoms with Crippen LogP contribution < -0.4 is 10.5 Å². The highest BCUT2D eigenvalue weighted by atomic mass is 16.2. The van der Waals surface area contributed by atoms with Crippen molar-refractivity contribution < 1.29 is 4.79 Å². The minimum Gasteiger partial charge on any atom is -0.342 e. The van der Waals surface area contributed by atoms with Crippen molar-refractivity contribution in [2.45, 2.75) is 25.8 Å². The second-order valence-electron chi connectivity index (χ2n) is 6.23. The van der Waals surface area contributed by atoms with Crippen LogP contribution in [0, 0.1) is 0 Å². The van der Waals surface area contributed by atoms with Gasteiger partial charge in [-0.2, -0.15) is 0 Å². The van der Waals surface area contributed by atoms with Gasteiger partial charge < -0.3 is 9.80 Å². The molecular weight excluding hydrogens is 306 g/mol. The molecule has 7 heteroatoms. The number of H-pyrrole nitrogens is 1. The number of fused-ring (bicyclic) bond motifs is 1. The Kier molecular flexibility index (Phi) is 3.76. The van der Waals surface area contributed by atoms with E-state index in [4.69, 9.17) is 0 Å². The van der Waals surface area contributed by atoms with Gasteiger partial charge in [0.05, 0.1) is 17.8 Å². The number of carbonyl (C=O) groups is 1. The van der Waals surface area contributed by atoms with Crippen LogP contribution in [0.15, 0.2) is 29.3 Å². The summed E-state index contributed by atoms with van der Waals surface area (Å²) in [5.41, 5.74) is 1.90. The summed E-state index contributed by atoms with van der Waals surface area (Å²) in [5, 5.41) is 0. The number of carbonyl (C=O) groups excluding carboxylic acids is 1. The van der Waals surface area contributed by atoms with Crippen molar-refractivity contribution in [2.24, 2.45) is 0 Å². The second-order valence-corrected chi connectivity index (χ2v) is 6.23. The van der Waals surface area contributed by atoms with Gasteiger partial charge in [-0.1, -0.05) is 0 Å². The maximum absolute atomic E-state index is 12.6. The fraction of sp³-hybridized carbons (Fsp3) is 0.412. The molecule has 4 rings (SSSR count). The number of aromatic nitrogens is 3. The van der Waals surface area contributed by atoms with Gasteiger partial charge in [0.1, 0.15) is 0 Å². The summed E-state index contributed by atoms with van der Waals surface area (Å²) in [6.45, 7) is 2.72. The van der Waals surface area contributed by atoms with E-state index in [0.29, 0.717) is 42.3 Å². The molecule has 4 heterocycles. The number of amides is 1. The van der Waals surface area contributed by atoms with Gasteiger partial charge in [0.25, 0.3) is 11.5 Å². The number of nitrogens with one attached hydrogen (secondary N) is 1. The topological polar surface area (TPSA) is 82.2 Å². The van der Waals surface area contributed by atoms with E-state index in [0.717, 1.165) is 25.9 Å². The van der Waals surface area contributed by atoms with Gasteiger partial charge in [-0.25, -0.2) is 4.98 Å². The zero-order valence-electron chi connectivity index (χ0n) is 13.4. The third-order valence-corrected chi connectivity index (χ3v) is 4.66. The lowest BCUT2D eigenvalue weighted by Crippen LogP contribution is -2.40. The van der Waals surface area contributed by atoms with E-state index in [2.05, 4.69) is 19.9 Å². The highest BCUT2D eigenvalue weighted by Gasteiger charge is 2.26. The predicted molar refractivity (Wildman–Crippen MR) is 89.0 cm³/mol. The van der Waals surface area contributed by atoms with E-state index < -0.39 is 0 Å². The Labute approximate surface area is 139 Å². The quantitative estimate of drug-likeness (QED) is 0.889. The lowest BCUT2D eigenvalue weighted by Gasteiger charge is -2.28. The molecule has 0 radical (unpaired) electrons. The molecule has 2 aliphatic rings. The highest BCUT2D eigenvalue weighted by Crippen LogP contribution is 2.20. The Morgan fingerprint density at radius 2 is 2.04 bits per heavy atom. The molecule has 0 aliphatic carbocycles. The molecule has 24 heavy (non-hydrogen) atoms. The van der Waals surface area contributed by atoms with Crippen LogP contribution in [0.25, 0.3) is 0 Å². The van der Waals surface area contributed by atoms with Crippen LogP contribution in [0.5, 0.6) is 0 Å². The number of nitrogens with zero attached hydrogens (tertiary/aromatic N) is 4. The minimum atomic E-state index is -0.0737. The van der Waals surface area contributed by atoms with Gasteiger partial charge in [-0.05, 0) is 31.4 Å². The van der Waals surface area contributed by atoms with Crippen LogP contribution in [-0.2, 0) is 13.0 Å². The number of aromatic amines is 1. The van der Waals surface area contributed by atoms with E-state index in [1.54, 1.807) is 29.4 Å². The molecule has 1 N–H and O–H groups in total. The summed E-state index contributed by atoms with van der Waals surface area (Å²) in [4.78, 5) is 40.3. The van der Waals surface area contributed by atoms with E-state index in [9.17, 15) is 9.59 Å². The summed E-state index contributed by atoms with van der Waals surface area (Å²) < 4.78 is 0. The van der Waals surface area contributed by atoms with E-state index in [1.807, 2.05) is 0 Å². The first-order valence-corrected chi connectivity index (χ1v) is 8.29. The monoisotopic (exact) mass is 325 g/mol. The molecule has 7 nitrogen and oxygen atoms in total. The normalized spacial score (nSPS) is 17.0. The van der Waals surface area contributed by atoms with Crippen molar-refractivity contribution in [3.05, 3.63) is 51.7 Å². The van der Waals surface area contributed by atoms with Gasteiger partial charge in [0, 0.05) is 37.6 Å². The molecule has 1 amide bonds. The third kappa shape index (κ3) is 2.66. The van der Waals surface area contributed by atoms with Crippen LogP contribution in [0.4, 0.5) is 5.95 Å². The molecule has 1 saturated heterocycles. The van der Waals surface area contributed by atoms with Crippen LogP contribution >= 0.6 is 0 Å². The molecule has 2 aromatic rings. The van der Waals surface area contributed by atoms with Crippen molar-refractivity contribution in [3.8, 4) is 0 Å². The number of hydrogen-bond acceptors (Lipinski definition) is 5. The first-order chi connectivity index (χ1) is 11.7. The number of pyridine rings is 1. The molecule has 0 saturated carbocycles. The summed E-state index contributed by atoms with van der Waals surface area (Å²) in [6.07, 6.45) is 5.98. The zero-order valence-corrected chi connectivity index (χ0v) is 13.4. The molecule has 0 atom stereocenters. The smallest absolute Gasteiger partial charge is 0.255 e. The molecular formula is C17H19N5O2. The maximum Gasteiger partial charge on any atom is 0.255 e. The molecule has 1 fully saturated rings. The van der Waals surface area contributed by atoms with E-state index in [1.165, 1.54) is 0 Å². The highest BCUT2D eigenvalue weighted by molar-refractivity contribution is 5.93. The molecule has 0 bridgehead atoms. The van der Waals surface area contributed by atoms with Crippen LogP contribution in [0.3, 0.4) is 0 Å². The number of anilines is 1. The first-order valence-electron chi connectivity index (χ1n) is 8.29. The lowest BCUT2D eigenvalue weighted by atomic mass is 10.1. The molecule has 0 aromatic carbocycles. The average molecular weight is 325 g/mol. The predicted octanol–water partition coefficient (Wildman–Crippen LogP) is 0.964. The van der Waals surface area contributed by atoms with Gasteiger partial charge >= 0.3 is 0 Å². The summed E-state index contributed by atoms with van der Waals surface area (Å²) in [7, 11) is 0. The molecule has 124 valence electrons. The van der Waals surface area contributed by atoms with Crippen molar-refractivity contribution >= 4 is 11.9 Å². The standard InChI is InChI=1S/C17H19N5O2/c23-15-13-5-9-22(16(24)12-4-3-6-18-10-12)11-14(13)19-17(20-15)21-7-1-2-8-21/h3-4,6,10H,1-2,5,7-9,11H2,(H,19,20,23). The number of hydrogen-bond donors (Lipinski definition) is 1. The molecule has 2 aliphatic heterocycles. The van der Waals surface area contributed by atoms with Crippen molar-refractivity contribution in [2.75, 3.05) is 24.5 Å². The zero-order chi connectivity index (χ0) is 16.5. The van der Waals surface area contributed by atoms with Crippen LogP contribution in [0.1, 0.15) is 34.5 Å². The van der Waals surface area contributed by atoms with Gasteiger partial charge in [-0.15, -0.1) is 0 Å². The number of rotatable bonds is 2. The largest absolute Gasteiger partial charge is 0.342 e. The SMILES string of the molecule is O=C(c1cccnc1)N1CCc2c(nc(N3CCCC3)[nH]c2=O)C1. The van der Waals surface area contributed by atoms with Crippen molar-refractivity contribution in [1.82, 2.24) is 19.9 Å². The molecule has 0 unspecified atom stereocenters. The Balaban J connectivity index is 1.62. The Hall–Kier alpha value is -2.70. The molecule has 0 spiro atoms. The summed E-state index contributed by atoms with van der Waals surface area (Å²) >= 11 is 0. The van der Waals surface area contributed by atoms with E-state index >= 15 is 0 Å². The fourth-order valence-electron chi connectivity index (χ4n) is 3.35.